The number of hydrogen-bond donors (Lipinski definition) is 1. The Morgan fingerprint density at radius 3 is 3.15 bits per heavy atom. The molecule has 1 amide bonds. The van der Waals surface area contributed by atoms with Crippen LogP contribution in [0.15, 0.2) is 18.2 Å². The number of amides is 1. The predicted molar refractivity (Wildman–Crippen MR) is 47.1 cm³/mol. The number of fused-ring (bicyclic) bond motifs is 1. The van der Waals surface area contributed by atoms with Gasteiger partial charge in [-0.2, -0.15) is 0 Å². The first kappa shape index (κ1) is 7.91. The van der Waals surface area contributed by atoms with E-state index in [1.165, 1.54) is 0 Å². The second-order valence-corrected chi connectivity index (χ2v) is 2.67. The summed E-state index contributed by atoms with van der Waals surface area (Å²) < 4.78 is 10.3. The van der Waals surface area contributed by atoms with Gasteiger partial charge < -0.3 is 14.8 Å². The van der Waals surface area contributed by atoms with E-state index in [-0.39, 0.29) is 12.5 Å². The van der Waals surface area contributed by atoms with Crippen LogP contribution in [-0.2, 0) is 4.79 Å². The number of rotatable bonds is 1. The Bertz CT molecular complexity index is 334. The molecule has 4 heteroatoms. The van der Waals surface area contributed by atoms with Gasteiger partial charge in [0.2, 0.25) is 0 Å². The Hall–Kier alpha value is -1.71. The van der Waals surface area contributed by atoms with E-state index in [1.54, 1.807) is 19.2 Å². The smallest absolute Gasteiger partial charge is 0.262 e. The van der Waals surface area contributed by atoms with Crippen molar-refractivity contribution in [2.45, 2.75) is 0 Å². The molecule has 0 atom stereocenters. The largest absolute Gasteiger partial charge is 0.494 e. The van der Waals surface area contributed by atoms with E-state index >= 15 is 0 Å². The van der Waals surface area contributed by atoms with Gasteiger partial charge in [-0.1, -0.05) is 6.07 Å². The van der Waals surface area contributed by atoms with Crippen LogP contribution < -0.4 is 14.8 Å². The number of nitrogens with one attached hydrogen (secondary N) is 1. The third kappa shape index (κ3) is 1.30. The van der Waals surface area contributed by atoms with E-state index in [0.717, 1.165) is 0 Å². The lowest BCUT2D eigenvalue weighted by Gasteiger charge is -2.19. The molecule has 1 aliphatic rings. The molecule has 0 aliphatic carbocycles. The fourth-order valence-corrected chi connectivity index (χ4v) is 1.24. The summed E-state index contributed by atoms with van der Waals surface area (Å²) in [5.74, 6) is 1.11. The summed E-state index contributed by atoms with van der Waals surface area (Å²) >= 11 is 0. The molecule has 1 aliphatic heterocycles. The van der Waals surface area contributed by atoms with E-state index in [0.29, 0.717) is 17.2 Å². The molecular weight excluding hydrogens is 170 g/mol. The van der Waals surface area contributed by atoms with Gasteiger partial charge >= 0.3 is 0 Å². The van der Waals surface area contributed by atoms with E-state index in [2.05, 4.69) is 5.32 Å². The highest BCUT2D eigenvalue weighted by Crippen LogP contribution is 2.35. The molecule has 0 unspecified atom stereocenters. The third-order valence-electron chi connectivity index (χ3n) is 1.83. The van der Waals surface area contributed by atoms with E-state index < -0.39 is 0 Å². The Morgan fingerprint density at radius 2 is 2.38 bits per heavy atom. The molecule has 0 spiro atoms. The SMILES string of the molecule is COc1cccc2c1NC(=O)CO2. The Balaban J connectivity index is 2.46. The van der Waals surface area contributed by atoms with E-state index in [9.17, 15) is 4.79 Å². The lowest BCUT2D eigenvalue weighted by Crippen LogP contribution is -2.25. The summed E-state index contributed by atoms with van der Waals surface area (Å²) in [6.07, 6.45) is 0. The van der Waals surface area contributed by atoms with Crippen molar-refractivity contribution in [1.29, 1.82) is 0 Å². The maximum absolute atomic E-state index is 11.0. The molecule has 0 fully saturated rings. The average molecular weight is 179 g/mol. The number of benzene rings is 1. The number of hydrogen-bond acceptors (Lipinski definition) is 3. The molecule has 68 valence electrons. The molecule has 1 aromatic rings. The Morgan fingerprint density at radius 1 is 1.54 bits per heavy atom. The van der Waals surface area contributed by atoms with Gasteiger partial charge in [-0.15, -0.1) is 0 Å². The van der Waals surface area contributed by atoms with Crippen molar-refractivity contribution in [3.63, 3.8) is 0 Å². The number of carbonyl (C=O) groups excluding carboxylic acids is 1. The van der Waals surface area contributed by atoms with Crippen molar-refractivity contribution < 1.29 is 14.3 Å². The fourth-order valence-electron chi connectivity index (χ4n) is 1.24. The first-order valence-corrected chi connectivity index (χ1v) is 3.91. The molecular formula is C9H9NO3. The van der Waals surface area contributed by atoms with Crippen molar-refractivity contribution in [2.75, 3.05) is 19.0 Å². The van der Waals surface area contributed by atoms with Crippen LogP contribution in [0, 0.1) is 0 Å². The molecule has 0 bridgehead atoms. The molecule has 13 heavy (non-hydrogen) atoms. The van der Waals surface area contributed by atoms with E-state index in [4.69, 9.17) is 9.47 Å². The maximum Gasteiger partial charge on any atom is 0.262 e. The molecule has 2 rings (SSSR count). The number of ether oxygens (including phenoxy) is 2. The monoisotopic (exact) mass is 179 g/mol. The minimum atomic E-state index is -0.156. The Labute approximate surface area is 75.5 Å². The first-order chi connectivity index (χ1) is 6.31. The molecule has 0 saturated heterocycles. The van der Waals surface area contributed by atoms with Crippen LogP contribution >= 0.6 is 0 Å². The predicted octanol–water partition coefficient (Wildman–Crippen LogP) is 1.03. The van der Waals surface area contributed by atoms with Crippen LogP contribution in [-0.4, -0.2) is 19.6 Å². The molecule has 4 nitrogen and oxygen atoms in total. The fraction of sp³-hybridized carbons (Fsp3) is 0.222. The number of methoxy groups -OCH3 is 1. The van der Waals surface area contributed by atoms with Gasteiger partial charge in [0.1, 0.15) is 17.2 Å². The van der Waals surface area contributed by atoms with Gasteiger partial charge in [0.05, 0.1) is 7.11 Å². The van der Waals surface area contributed by atoms with Crippen molar-refractivity contribution in [2.24, 2.45) is 0 Å². The molecule has 1 heterocycles. The number of anilines is 1. The van der Waals surface area contributed by atoms with Gasteiger partial charge in [-0.05, 0) is 12.1 Å². The van der Waals surface area contributed by atoms with Crippen molar-refractivity contribution in [1.82, 2.24) is 0 Å². The summed E-state index contributed by atoms with van der Waals surface area (Å²) in [5.41, 5.74) is 0.612. The van der Waals surface area contributed by atoms with Crippen LogP contribution in [0.1, 0.15) is 0 Å². The maximum atomic E-state index is 11.0. The summed E-state index contributed by atoms with van der Waals surface area (Å²) in [6.45, 7) is 0.0696. The minimum Gasteiger partial charge on any atom is -0.494 e. The summed E-state index contributed by atoms with van der Waals surface area (Å²) in [6, 6.07) is 5.38. The van der Waals surface area contributed by atoms with Crippen molar-refractivity contribution >= 4 is 11.6 Å². The quantitative estimate of drug-likeness (QED) is 0.700. The molecule has 1 aromatic carbocycles. The van der Waals surface area contributed by atoms with Gasteiger partial charge in [-0.3, -0.25) is 4.79 Å². The first-order valence-electron chi connectivity index (χ1n) is 3.91. The van der Waals surface area contributed by atoms with Gasteiger partial charge in [0, 0.05) is 0 Å². The molecule has 0 saturated carbocycles. The highest BCUT2D eigenvalue weighted by atomic mass is 16.5. The van der Waals surface area contributed by atoms with Gasteiger partial charge in [0.15, 0.2) is 6.61 Å². The second kappa shape index (κ2) is 2.97. The standard InChI is InChI=1S/C9H9NO3/c1-12-6-3-2-4-7-9(6)10-8(11)5-13-7/h2-4H,5H2,1H3,(H,10,11). The molecule has 1 N–H and O–H groups in total. The number of para-hydroxylation sites is 1. The zero-order valence-corrected chi connectivity index (χ0v) is 7.16. The van der Waals surface area contributed by atoms with Crippen LogP contribution in [0.2, 0.25) is 0 Å². The van der Waals surface area contributed by atoms with Crippen LogP contribution in [0.25, 0.3) is 0 Å². The van der Waals surface area contributed by atoms with Gasteiger partial charge in [-0.25, -0.2) is 0 Å². The lowest BCUT2D eigenvalue weighted by atomic mass is 10.2. The van der Waals surface area contributed by atoms with Crippen LogP contribution in [0.5, 0.6) is 11.5 Å². The zero-order valence-electron chi connectivity index (χ0n) is 7.16. The average Bonchev–Trinajstić information content (AvgIpc) is 2.17. The van der Waals surface area contributed by atoms with Crippen molar-refractivity contribution in [3.8, 4) is 11.5 Å². The zero-order chi connectivity index (χ0) is 9.26. The lowest BCUT2D eigenvalue weighted by molar-refractivity contribution is -0.118. The topological polar surface area (TPSA) is 47.6 Å². The van der Waals surface area contributed by atoms with E-state index in [1.807, 2.05) is 6.07 Å². The summed E-state index contributed by atoms with van der Waals surface area (Å²) in [7, 11) is 1.55. The highest BCUT2D eigenvalue weighted by molar-refractivity contribution is 5.97. The normalized spacial score (nSPS) is 14.1. The molecule has 0 radical (unpaired) electrons. The van der Waals surface area contributed by atoms with Crippen molar-refractivity contribution in [3.05, 3.63) is 18.2 Å². The van der Waals surface area contributed by atoms with Crippen LogP contribution in [0.4, 0.5) is 5.69 Å². The number of carbonyl (C=O) groups is 1. The van der Waals surface area contributed by atoms with Crippen LogP contribution in [0.3, 0.4) is 0 Å². The third-order valence-corrected chi connectivity index (χ3v) is 1.83. The molecule has 0 aromatic heterocycles. The summed E-state index contributed by atoms with van der Waals surface area (Å²) in [5, 5.41) is 2.69. The van der Waals surface area contributed by atoms with Gasteiger partial charge in [0.25, 0.3) is 5.91 Å². The second-order valence-electron chi connectivity index (χ2n) is 2.67. The minimum absolute atomic E-state index is 0.0696. The Kier molecular flexibility index (Phi) is 1.81. The summed E-state index contributed by atoms with van der Waals surface area (Å²) in [4.78, 5) is 11.0. The highest BCUT2D eigenvalue weighted by Gasteiger charge is 2.18.